The number of methoxy groups -OCH3 is 1. The standard InChI is InChI=1S/C21H42O2S/c1-23-21(22)19-17-15-13-11-9-7-5-3-2-4-6-8-10-12-14-16-18-20-24/h24H,2-20H2,1H3. The topological polar surface area (TPSA) is 26.3 Å². The Morgan fingerprint density at radius 3 is 1.17 bits per heavy atom. The third kappa shape index (κ3) is 19.9. The monoisotopic (exact) mass is 358 g/mol. The SMILES string of the molecule is COC(=O)CCCCCCCCCCCCCCCCCCCS. The molecule has 0 fully saturated rings. The van der Waals surface area contributed by atoms with Crippen molar-refractivity contribution < 1.29 is 9.53 Å². The Labute approximate surface area is 156 Å². The van der Waals surface area contributed by atoms with Gasteiger partial charge in [0, 0.05) is 6.42 Å². The maximum atomic E-state index is 11.0. The van der Waals surface area contributed by atoms with Crippen molar-refractivity contribution >= 4 is 18.6 Å². The van der Waals surface area contributed by atoms with E-state index in [0.717, 1.165) is 12.2 Å². The van der Waals surface area contributed by atoms with Crippen LogP contribution >= 0.6 is 12.6 Å². The van der Waals surface area contributed by atoms with Gasteiger partial charge in [-0.1, -0.05) is 96.3 Å². The molecule has 0 aromatic carbocycles. The van der Waals surface area contributed by atoms with Crippen molar-refractivity contribution in [2.75, 3.05) is 12.9 Å². The maximum Gasteiger partial charge on any atom is 0.305 e. The van der Waals surface area contributed by atoms with E-state index in [9.17, 15) is 4.79 Å². The van der Waals surface area contributed by atoms with Crippen LogP contribution in [0.4, 0.5) is 0 Å². The molecule has 24 heavy (non-hydrogen) atoms. The second kappa shape index (κ2) is 20.9. The largest absolute Gasteiger partial charge is 0.469 e. The van der Waals surface area contributed by atoms with E-state index in [4.69, 9.17) is 0 Å². The van der Waals surface area contributed by atoms with E-state index in [2.05, 4.69) is 17.4 Å². The third-order valence-electron chi connectivity index (χ3n) is 4.77. The highest BCUT2D eigenvalue weighted by molar-refractivity contribution is 7.80. The summed E-state index contributed by atoms with van der Waals surface area (Å²) in [6.07, 6.45) is 23.6. The molecular formula is C21H42O2S. The van der Waals surface area contributed by atoms with Gasteiger partial charge in [0.05, 0.1) is 7.11 Å². The van der Waals surface area contributed by atoms with E-state index in [0.29, 0.717) is 6.42 Å². The minimum atomic E-state index is -0.0662. The third-order valence-corrected chi connectivity index (χ3v) is 5.08. The Bertz CT molecular complexity index is 256. The fraction of sp³-hybridized carbons (Fsp3) is 0.952. The summed E-state index contributed by atoms with van der Waals surface area (Å²) < 4.78 is 4.64. The minimum absolute atomic E-state index is 0.0662. The number of esters is 1. The molecule has 0 saturated heterocycles. The molecule has 0 aliphatic heterocycles. The average molecular weight is 359 g/mol. The van der Waals surface area contributed by atoms with Crippen LogP contribution < -0.4 is 0 Å². The molecular weight excluding hydrogens is 316 g/mol. The zero-order valence-corrected chi connectivity index (χ0v) is 17.1. The van der Waals surface area contributed by atoms with Crippen molar-refractivity contribution in [1.29, 1.82) is 0 Å². The first-order chi connectivity index (χ1) is 11.8. The van der Waals surface area contributed by atoms with Crippen molar-refractivity contribution in [2.45, 2.75) is 116 Å². The highest BCUT2D eigenvalue weighted by Crippen LogP contribution is 2.14. The van der Waals surface area contributed by atoms with Gasteiger partial charge in [-0.3, -0.25) is 4.79 Å². The van der Waals surface area contributed by atoms with Gasteiger partial charge in [-0.25, -0.2) is 0 Å². The molecule has 0 bridgehead atoms. The molecule has 0 aromatic rings. The van der Waals surface area contributed by atoms with Crippen LogP contribution in [0.5, 0.6) is 0 Å². The van der Waals surface area contributed by atoms with E-state index in [1.165, 1.54) is 110 Å². The molecule has 0 saturated carbocycles. The minimum Gasteiger partial charge on any atom is -0.469 e. The van der Waals surface area contributed by atoms with Crippen LogP contribution in [0.1, 0.15) is 116 Å². The summed E-state index contributed by atoms with van der Waals surface area (Å²) in [5.41, 5.74) is 0. The molecule has 0 unspecified atom stereocenters. The average Bonchev–Trinajstić information content (AvgIpc) is 2.60. The van der Waals surface area contributed by atoms with Gasteiger partial charge < -0.3 is 4.74 Å². The van der Waals surface area contributed by atoms with Crippen LogP contribution in [0.2, 0.25) is 0 Å². The van der Waals surface area contributed by atoms with Gasteiger partial charge in [-0.15, -0.1) is 0 Å². The van der Waals surface area contributed by atoms with E-state index in [1.807, 2.05) is 0 Å². The Kier molecular flexibility index (Phi) is 20.7. The lowest BCUT2D eigenvalue weighted by Gasteiger charge is -2.03. The van der Waals surface area contributed by atoms with Gasteiger partial charge in [0.2, 0.25) is 0 Å². The van der Waals surface area contributed by atoms with Gasteiger partial charge in [-0.2, -0.15) is 12.6 Å². The zero-order chi connectivity index (χ0) is 17.7. The lowest BCUT2D eigenvalue weighted by atomic mass is 10.0. The lowest BCUT2D eigenvalue weighted by Crippen LogP contribution is -1.99. The van der Waals surface area contributed by atoms with Gasteiger partial charge in [0.15, 0.2) is 0 Å². The quantitative estimate of drug-likeness (QED) is 0.151. The lowest BCUT2D eigenvalue weighted by molar-refractivity contribution is -0.140. The fourth-order valence-corrected chi connectivity index (χ4v) is 3.36. The summed E-state index contributed by atoms with van der Waals surface area (Å²) in [6, 6.07) is 0. The van der Waals surface area contributed by atoms with Crippen LogP contribution in [-0.2, 0) is 9.53 Å². The summed E-state index contributed by atoms with van der Waals surface area (Å²) in [7, 11) is 1.47. The molecule has 0 rings (SSSR count). The van der Waals surface area contributed by atoms with E-state index >= 15 is 0 Å². The van der Waals surface area contributed by atoms with E-state index in [1.54, 1.807) is 0 Å². The highest BCUT2D eigenvalue weighted by Gasteiger charge is 1.99. The molecule has 0 spiro atoms. The number of unbranched alkanes of at least 4 members (excludes halogenated alkanes) is 16. The van der Waals surface area contributed by atoms with Gasteiger partial charge in [0.1, 0.15) is 0 Å². The smallest absolute Gasteiger partial charge is 0.305 e. The Morgan fingerprint density at radius 2 is 0.875 bits per heavy atom. The normalized spacial score (nSPS) is 10.9. The molecule has 0 amide bonds. The molecule has 0 atom stereocenters. The molecule has 0 aromatic heterocycles. The highest BCUT2D eigenvalue weighted by atomic mass is 32.1. The summed E-state index contributed by atoms with van der Waals surface area (Å²) in [4.78, 5) is 11.0. The number of ether oxygens (including phenoxy) is 1. The number of thiol groups is 1. The fourth-order valence-electron chi connectivity index (χ4n) is 3.13. The van der Waals surface area contributed by atoms with E-state index < -0.39 is 0 Å². The molecule has 144 valence electrons. The van der Waals surface area contributed by atoms with Crippen LogP contribution in [0.25, 0.3) is 0 Å². The zero-order valence-electron chi connectivity index (χ0n) is 16.2. The number of hydrogen-bond donors (Lipinski definition) is 1. The molecule has 0 aliphatic carbocycles. The van der Waals surface area contributed by atoms with Crippen LogP contribution in [0.15, 0.2) is 0 Å². The second-order valence-corrected chi connectivity index (χ2v) is 7.51. The Morgan fingerprint density at radius 1 is 0.583 bits per heavy atom. The van der Waals surface area contributed by atoms with Crippen molar-refractivity contribution in [2.24, 2.45) is 0 Å². The number of carbonyl (C=O) groups excluding carboxylic acids is 1. The van der Waals surface area contributed by atoms with Crippen LogP contribution in [0, 0.1) is 0 Å². The Hall–Kier alpha value is -0.180. The van der Waals surface area contributed by atoms with Gasteiger partial charge in [0.25, 0.3) is 0 Å². The van der Waals surface area contributed by atoms with Gasteiger partial charge in [-0.05, 0) is 18.6 Å². The first-order valence-corrected chi connectivity index (χ1v) is 11.1. The Balaban J connectivity index is 2.99. The number of rotatable bonds is 19. The second-order valence-electron chi connectivity index (χ2n) is 7.06. The summed E-state index contributed by atoms with van der Waals surface area (Å²) in [5, 5.41) is 0. The van der Waals surface area contributed by atoms with Crippen LogP contribution in [-0.4, -0.2) is 18.8 Å². The maximum absolute atomic E-state index is 11.0. The van der Waals surface area contributed by atoms with Crippen molar-refractivity contribution in [3.05, 3.63) is 0 Å². The van der Waals surface area contributed by atoms with Crippen molar-refractivity contribution in [3.63, 3.8) is 0 Å². The van der Waals surface area contributed by atoms with Crippen molar-refractivity contribution in [3.8, 4) is 0 Å². The molecule has 3 heteroatoms. The predicted molar refractivity (Wildman–Crippen MR) is 109 cm³/mol. The molecule has 0 N–H and O–H groups in total. The molecule has 0 aliphatic rings. The molecule has 2 nitrogen and oxygen atoms in total. The number of hydrogen-bond acceptors (Lipinski definition) is 3. The van der Waals surface area contributed by atoms with Gasteiger partial charge >= 0.3 is 5.97 Å². The summed E-state index contributed by atoms with van der Waals surface area (Å²) >= 11 is 4.25. The predicted octanol–water partition coefficient (Wildman–Crippen LogP) is 7.11. The molecule has 0 heterocycles. The van der Waals surface area contributed by atoms with Crippen molar-refractivity contribution in [1.82, 2.24) is 0 Å². The summed E-state index contributed by atoms with van der Waals surface area (Å²) in [6.45, 7) is 0. The summed E-state index contributed by atoms with van der Waals surface area (Å²) in [5.74, 6) is 0.985. The van der Waals surface area contributed by atoms with Crippen LogP contribution in [0.3, 0.4) is 0 Å². The van der Waals surface area contributed by atoms with E-state index in [-0.39, 0.29) is 5.97 Å². The first kappa shape index (κ1) is 23.8. The molecule has 0 radical (unpaired) electrons. The first-order valence-electron chi connectivity index (χ1n) is 10.5. The number of carbonyl (C=O) groups is 1.